The van der Waals surface area contributed by atoms with Crippen LogP contribution in [0.5, 0.6) is 0 Å². The molecular weight excluding hydrogens is 226 g/mol. The zero-order valence-corrected chi connectivity index (χ0v) is 10.3. The van der Waals surface area contributed by atoms with Gasteiger partial charge in [-0.1, -0.05) is 6.92 Å². The molecule has 1 amide bonds. The van der Waals surface area contributed by atoms with Gasteiger partial charge in [0.2, 0.25) is 0 Å². The molecule has 0 aliphatic heterocycles. The van der Waals surface area contributed by atoms with E-state index in [9.17, 15) is 4.79 Å². The first-order valence-corrected chi connectivity index (χ1v) is 5.99. The molecule has 4 nitrogen and oxygen atoms in total. The van der Waals surface area contributed by atoms with E-state index >= 15 is 0 Å². The standard InChI is InChI=1S/C11H17NO3S/c1-3-8-4-5-9(16-8)10(15)12-11(2,6-13)7-14/h4-5,13-14H,3,6-7H2,1-2H3,(H,12,15). The Bertz CT molecular complexity index is 358. The third-order valence-electron chi connectivity index (χ3n) is 2.35. The number of nitrogens with one attached hydrogen (secondary N) is 1. The first-order valence-electron chi connectivity index (χ1n) is 5.17. The Morgan fingerprint density at radius 2 is 2.06 bits per heavy atom. The van der Waals surface area contributed by atoms with Crippen LogP contribution >= 0.6 is 11.3 Å². The van der Waals surface area contributed by atoms with E-state index in [-0.39, 0.29) is 19.1 Å². The highest BCUT2D eigenvalue weighted by molar-refractivity contribution is 7.14. The molecule has 0 fully saturated rings. The molecule has 0 aliphatic rings. The predicted molar refractivity (Wildman–Crippen MR) is 63.7 cm³/mol. The maximum absolute atomic E-state index is 11.8. The maximum Gasteiger partial charge on any atom is 0.261 e. The van der Waals surface area contributed by atoms with Gasteiger partial charge in [-0.25, -0.2) is 0 Å². The van der Waals surface area contributed by atoms with Crippen molar-refractivity contribution in [3.63, 3.8) is 0 Å². The van der Waals surface area contributed by atoms with Crippen LogP contribution in [0, 0.1) is 0 Å². The van der Waals surface area contributed by atoms with Gasteiger partial charge in [-0.3, -0.25) is 4.79 Å². The summed E-state index contributed by atoms with van der Waals surface area (Å²) in [5, 5.41) is 20.7. The Hall–Kier alpha value is -0.910. The molecule has 1 aromatic heterocycles. The summed E-state index contributed by atoms with van der Waals surface area (Å²) in [6.45, 7) is 3.04. The van der Waals surface area contributed by atoms with Gasteiger partial charge in [0, 0.05) is 4.88 Å². The summed E-state index contributed by atoms with van der Waals surface area (Å²) in [6, 6.07) is 3.67. The second-order valence-corrected chi connectivity index (χ2v) is 5.12. The van der Waals surface area contributed by atoms with Crippen molar-refractivity contribution < 1.29 is 15.0 Å². The number of aliphatic hydroxyl groups is 2. The number of aliphatic hydroxyl groups excluding tert-OH is 2. The number of thiophene rings is 1. The van der Waals surface area contributed by atoms with Crippen LogP contribution in [0.3, 0.4) is 0 Å². The molecule has 0 radical (unpaired) electrons. The molecule has 0 aromatic carbocycles. The van der Waals surface area contributed by atoms with Crippen LogP contribution in [-0.2, 0) is 6.42 Å². The van der Waals surface area contributed by atoms with Gasteiger partial charge >= 0.3 is 0 Å². The van der Waals surface area contributed by atoms with Crippen LogP contribution in [0.2, 0.25) is 0 Å². The average molecular weight is 243 g/mol. The molecule has 1 heterocycles. The predicted octanol–water partition coefficient (Wildman–Crippen LogP) is 0.784. The van der Waals surface area contributed by atoms with E-state index < -0.39 is 5.54 Å². The molecule has 1 aromatic rings. The average Bonchev–Trinajstić information content (AvgIpc) is 2.77. The molecule has 5 heteroatoms. The maximum atomic E-state index is 11.8. The number of carbonyl (C=O) groups is 1. The topological polar surface area (TPSA) is 69.6 Å². The third-order valence-corrected chi connectivity index (χ3v) is 3.58. The lowest BCUT2D eigenvalue weighted by Crippen LogP contribution is -2.51. The van der Waals surface area contributed by atoms with Gasteiger partial charge in [0.05, 0.1) is 23.6 Å². The summed E-state index contributed by atoms with van der Waals surface area (Å²) in [5.41, 5.74) is -0.965. The molecule has 90 valence electrons. The SMILES string of the molecule is CCc1ccc(C(=O)NC(C)(CO)CO)s1. The van der Waals surface area contributed by atoms with Crippen molar-refractivity contribution in [2.75, 3.05) is 13.2 Å². The van der Waals surface area contributed by atoms with Crippen molar-refractivity contribution in [1.29, 1.82) is 0 Å². The Kier molecular flexibility index (Phi) is 4.46. The summed E-state index contributed by atoms with van der Waals surface area (Å²) >= 11 is 1.43. The normalized spacial score (nSPS) is 11.5. The Morgan fingerprint density at radius 1 is 1.44 bits per heavy atom. The summed E-state index contributed by atoms with van der Waals surface area (Å²) in [4.78, 5) is 13.5. The molecule has 3 N–H and O–H groups in total. The van der Waals surface area contributed by atoms with Gasteiger partial charge in [0.15, 0.2) is 0 Å². The number of amides is 1. The number of hydrogen-bond acceptors (Lipinski definition) is 4. The molecule has 0 spiro atoms. The summed E-state index contributed by atoms with van der Waals surface area (Å²) < 4.78 is 0. The van der Waals surface area contributed by atoms with Crippen molar-refractivity contribution in [3.05, 3.63) is 21.9 Å². The quantitative estimate of drug-likeness (QED) is 0.716. The highest BCUT2D eigenvalue weighted by Crippen LogP contribution is 2.17. The molecular formula is C11H17NO3S. The van der Waals surface area contributed by atoms with E-state index in [4.69, 9.17) is 10.2 Å². The van der Waals surface area contributed by atoms with Crippen LogP contribution in [-0.4, -0.2) is 34.9 Å². The lowest BCUT2D eigenvalue weighted by atomic mass is 10.1. The number of aryl methyl sites for hydroxylation is 1. The zero-order chi connectivity index (χ0) is 12.2. The Morgan fingerprint density at radius 3 is 2.50 bits per heavy atom. The second kappa shape index (κ2) is 5.43. The van der Waals surface area contributed by atoms with Gasteiger partial charge in [-0.2, -0.15) is 0 Å². The van der Waals surface area contributed by atoms with E-state index in [1.807, 2.05) is 13.0 Å². The number of rotatable bonds is 5. The summed E-state index contributed by atoms with van der Waals surface area (Å²) in [7, 11) is 0. The van der Waals surface area contributed by atoms with E-state index in [0.717, 1.165) is 11.3 Å². The molecule has 1 rings (SSSR count). The molecule has 0 unspecified atom stereocenters. The molecule has 0 bridgehead atoms. The van der Waals surface area contributed by atoms with E-state index in [1.54, 1.807) is 13.0 Å². The van der Waals surface area contributed by atoms with Crippen LogP contribution in [0.25, 0.3) is 0 Å². The van der Waals surface area contributed by atoms with Crippen LogP contribution in [0.1, 0.15) is 28.4 Å². The molecule has 0 saturated carbocycles. The lowest BCUT2D eigenvalue weighted by molar-refractivity contribution is 0.0727. The van der Waals surface area contributed by atoms with E-state index in [1.165, 1.54) is 11.3 Å². The van der Waals surface area contributed by atoms with Gasteiger partial charge in [-0.15, -0.1) is 11.3 Å². The van der Waals surface area contributed by atoms with Crippen molar-refractivity contribution in [2.24, 2.45) is 0 Å². The first-order chi connectivity index (χ1) is 7.54. The van der Waals surface area contributed by atoms with Gasteiger partial charge in [-0.05, 0) is 25.5 Å². The van der Waals surface area contributed by atoms with Gasteiger partial charge in [0.1, 0.15) is 0 Å². The zero-order valence-electron chi connectivity index (χ0n) is 9.49. The smallest absolute Gasteiger partial charge is 0.261 e. The van der Waals surface area contributed by atoms with Crippen LogP contribution in [0.15, 0.2) is 12.1 Å². The number of hydrogen-bond donors (Lipinski definition) is 3. The van der Waals surface area contributed by atoms with E-state index in [2.05, 4.69) is 5.32 Å². The Labute approximate surface area is 98.9 Å². The monoisotopic (exact) mass is 243 g/mol. The third kappa shape index (κ3) is 3.04. The van der Waals surface area contributed by atoms with Crippen molar-refractivity contribution in [3.8, 4) is 0 Å². The molecule has 0 saturated heterocycles. The highest BCUT2D eigenvalue weighted by Gasteiger charge is 2.25. The first kappa shape index (κ1) is 13.2. The van der Waals surface area contributed by atoms with E-state index in [0.29, 0.717) is 4.88 Å². The lowest BCUT2D eigenvalue weighted by Gasteiger charge is -2.25. The fourth-order valence-electron chi connectivity index (χ4n) is 1.15. The molecule has 0 aliphatic carbocycles. The summed E-state index contributed by atoms with van der Waals surface area (Å²) in [6.07, 6.45) is 0.898. The van der Waals surface area contributed by atoms with Crippen molar-refractivity contribution >= 4 is 17.2 Å². The second-order valence-electron chi connectivity index (χ2n) is 3.95. The highest BCUT2D eigenvalue weighted by atomic mass is 32.1. The summed E-state index contributed by atoms with van der Waals surface area (Å²) in [5.74, 6) is -0.254. The van der Waals surface area contributed by atoms with Gasteiger partial charge < -0.3 is 15.5 Å². The van der Waals surface area contributed by atoms with Crippen LogP contribution < -0.4 is 5.32 Å². The van der Waals surface area contributed by atoms with Crippen molar-refractivity contribution in [2.45, 2.75) is 25.8 Å². The Balaban J connectivity index is 2.71. The van der Waals surface area contributed by atoms with Crippen molar-refractivity contribution in [1.82, 2.24) is 5.32 Å². The number of carbonyl (C=O) groups excluding carboxylic acids is 1. The fourth-order valence-corrected chi connectivity index (χ4v) is 2.00. The van der Waals surface area contributed by atoms with Crippen LogP contribution in [0.4, 0.5) is 0 Å². The minimum absolute atomic E-state index is 0.254. The van der Waals surface area contributed by atoms with Gasteiger partial charge in [0.25, 0.3) is 5.91 Å². The minimum atomic E-state index is -0.965. The molecule has 16 heavy (non-hydrogen) atoms. The molecule has 0 atom stereocenters. The largest absolute Gasteiger partial charge is 0.394 e. The fraction of sp³-hybridized carbons (Fsp3) is 0.545. The minimum Gasteiger partial charge on any atom is -0.394 e.